The summed E-state index contributed by atoms with van der Waals surface area (Å²) in [6, 6.07) is 0. The van der Waals surface area contributed by atoms with Crippen LogP contribution in [0.2, 0.25) is 0 Å². The van der Waals surface area contributed by atoms with Crippen LogP contribution < -0.4 is 0 Å². The second-order valence-electron chi connectivity index (χ2n) is 3.50. The lowest BCUT2D eigenvalue weighted by Crippen LogP contribution is -2.31. The first kappa shape index (κ1) is 9.72. The Balaban J connectivity index is 1.80. The standard InChI is InChI=1S/C10H18O2/c1-2-3-4-5-6-12-10-7-9(11)8-10/h10H,2-8H2,1H3. The van der Waals surface area contributed by atoms with Crippen LogP contribution in [0.25, 0.3) is 0 Å². The molecule has 0 amide bonds. The normalized spacial score (nSPS) is 17.9. The lowest BCUT2D eigenvalue weighted by atomic mass is 9.94. The number of ether oxygens (including phenoxy) is 1. The van der Waals surface area contributed by atoms with Crippen LogP contribution in [0, 0.1) is 0 Å². The van der Waals surface area contributed by atoms with Crippen LogP contribution in [-0.2, 0) is 9.53 Å². The third-order valence-electron chi connectivity index (χ3n) is 2.26. The fraction of sp³-hybridized carbons (Fsp3) is 0.900. The molecule has 70 valence electrons. The molecule has 2 nitrogen and oxygen atoms in total. The fourth-order valence-electron chi connectivity index (χ4n) is 1.34. The van der Waals surface area contributed by atoms with E-state index in [-0.39, 0.29) is 6.10 Å². The van der Waals surface area contributed by atoms with Crippen molar-refractivity contribution in [1.29, 1.82) is 0 Å². The van der Waals surface area contributed by atoms with Gasteiger partial charge in [0.05, 0.1) is 6.10 Å². The highest BCUT2D eigenvalue weighted by molar-refractivity contribution is 5.85. The van der Waals surface area contributed by atoms with Crippen LogP contribution in [0.15, 0.2) is 0 Å². The summed E-state index contributed by atoms with van der Waals surface area (Å²) < 4.78 is 5.47. The summed E-state index contributed by atoms with van der Waals surface area (Å²) in [5.41, 5.74) is 0. The molecule has 0 aliphatic heterocycles. The SMILES string of the molecule is CCCCCCOC1CC(=O)C1. The van der Waals surface area contributed by atoms with Crippen molar-refractivity contribution in [2.24, 2.45) is 0 Å². The van der Waals surface area contributed by atoms with Crippen LogP contribution in [0.1, 0.15) is 45.4 Å². The highest BCUT2D eigenvalue weighted by atomic mass is 16.5. The molecule has 1 saturated carbocycles. The van der Waals surface area contributed by atoms with E-state index < -0.39 is 0 Å². The van der Waals surface area contributed by atoms with Crippen molar-refractivity contribution in [3.8, 4) is 0 Å². The number of hydrogen-bond donors (Lipinski definition) is 0. The second kappa shape index (κ2) is 5.31. The van der Waals surface area contributed by atoms with Crippen molar-refractivity contribution in [2.75, 3.05) is 6.61 Å². The summed E-state index contributed by atoms with van der Waals surface area (Å²) in [7, 11) is 0. The molecule has 2 heteroatoms. The summed E-state index contributed by atoms with van der Waals surface area (Å²) in [5.74, 6) is 0.355. The fourth-order valence-corrected chi connectivity index (χ4v) is 1.34. The van der Waals surface area contributed by atoms with E-state index in [2.05, 4.69) is 6.92 Å². The Morgan fingerprint density at radius 2 is 2.08 bits per heavy atom. The van der Waals surface area contributed by atoms with E-state index in [4.69, 9.17) is 4.74 Å². The molecule has 0 aromatic carbocycles. The van der Waals surface area contributed by atoms with Gasteiger partial charge in [-0.2, -0.15) is 0 Å². The smallest absolute Gasteiger partial charge is 0.138 e. The highest BCUT2D eigenvalue weighted by Crippen LogP contribution is 2.18. The Morgan fingerprint density at radius 3 is 2.67 bits per heavy atom. The van der Waals surface area contributed by atoms with Crippen LogP contribution in [0.3, 0.4) is 0 Å². The maximum atomic E-state index is 10.6. The van der Waals surface area contributed by atoms with E-state index in [1.807, 2.05) is 0 Å². The predicted octanol–water partition coefficient (Wildman–Crippen LogP) is 2.31. The summed E-state index contributed by atoms with van der Waals surface area (Å²) in [6.07, 6.45) is 6.56. The van der Waals surface area contributed by atoms with Gasteiger partial charge in [-0.05, 0) is 6.42 Å². The van der Waals surface area contributed by atoms with E-state index in [1.165, 1.54) is 19.3 Å². The molecular weight excluding hydrogens is 152 g/mol. The van der Waals surface area contributed by atoms with E-state index in [0.29, 0.717) is 18.6 Å². The molecule has 1 aliphatic rings. The Hall–Kier alpha value is -0.370. The van der Waals surface area contributed by atoms with Gasteiger partial charge in [-0.25, -0.2) is 0 Å². The lowest BCUT2D eigenvalue weighted by molar-refractivity contribution is -0.134. The maximum Gasteiger partial charge on any atom is 0.138 e. The molecule has 0 atom stereocenters. The van der Waals surface area contributed by atoms with E-state index in [9.17, 15) is 4.79 Å². The zero-order valence-electron chi connectivity index (χ0n) is 7.84. The summed E-state index contributed by atoms with van der Waals surface area (Å²) in [4.78, 5) is 10.6. The summed E-state index contributed by atoms with van der Waals surface area (Å²) >= 11 is 0. The predicted molar refractivity (Wildman–Crippen MR) is 48.1 cm³/mol. The Bertz CT molecular complexity index is 135. The molecule has 0 spiro atoms. The second-order valence-corrected chi connectivity index (χ2v) is 3.50. The molecule has 0 aromatic heterocycles. The number of Topliss-reactive ketones (excluding diaryl/α,β-unsaturated/α-hetero) is 1. The topological polar surface area (TPSA) is 26.3 Å². The van der Waals surface area contributed by atoms with E-state index in [1.54, 1.807) is 0 Å². The zero-order valence-corrected chi connectivity index (χ0v) is 7.84. The molecule has 0 radical (unpaired) electrons. The van der Waals surface area contributed by atoms with Gasteiger partial charge in [-0.3, -0.25) is 4.79 Å². The van der Waals surface area contributed by atoms with Gasteiger partial charge in [-0.1, -0.05) is 26.2 Å². The first-order chi connectivity index (χ1) is 5.83. The minimum atomic E-state index is 0.263. The van der Waals surface area contributed by atoms with Crippen molar-refractivity contribution in [1.82, 2.24) is 0 Å². The molecule has 1 rings (SSSR count). The average molecular weight is 170 g/mol. The van der Waals surface area contributed by atoms with Gasteiger partial charge >= 0.3 is 0 Å². The minimum Gasteiger partial charge on any atom is -0.377 e. The Kier molecular flexibility index (Phi) is 4.30. The number of ketones is 1. The quantitative estimate of drug-likeness (QED) is 0.572. The summed E-state index contributed by atoms with van der Waals surface area (Å²) in [6.45, 7) is 3.05. The van der Waals surface area contributed by atoms with Crippen LogP contribution in [-0.4, -0.2) is 18.5 Å². The number of rotatable bonds is 6. The van der Waals surface area contributed by atoms with Gasteiger partial charge in [0.2, 0.25) is 0 Å². The van der Waals surface area contributed by atoms with Crippen LogP contribution in [0.4, 0.5) is 0 Å². The van der Waals surface area contributed by atoms with Crippen molar-refractivity contribution >= 4 is 5.78 Å². The molecule has 12 heavy (non-hydrogen) atoms. The van der Waals surface area contributed by atoms with Gasteiger partial charge in [0.25, 0.3) is 0 Å². The molecule has 1 fully saturated rings. The first-order valence-electron chi connectivity index (χ1n) is 4.96. The third-order valence-corrected chi connectivity index (χ3v) is 2.26. The van der Waals surface area contributed by atoms with Crippen LogP contribution in [0.5, 0.6) is 0 Å². The van der Waals surface area contributed by atoms with Crippen LogP contribution >= 0.6 is 0 Å². The molecule has 1 aliphatic carbocycles. The monoisotopic (exact) mass is 170 g/mol. The number of carbonyl (C=O) groups excluding carboxylic acids is 1. The average Bonchev–Trinajstić information content (AvgIpc) is 2.00. The van der Waals surface area contributed by atoms with Gasteiger partial charge in [0, 0.05) is 19.4 Å². The van der Waals surface area contributed by atoms with Crippen molar-refractivity contribution in [3.05, 3.63) is 0 Å². The molecule has 0 aromatic rings. The van der Waals surface area contributed by atoms with Gasteiger partial charge in [0.15, 0.2) is 0 Å². The zero-order chi connectivity index (χ0) is 8.81. The van der Waals surface area contributed by atoms with Crippen molar-refractivity contribution < 1.29 is 9.53 Å². The molecule has 0 saturated heterocycles. The molecule has 0 bridgehead atoms. The molecule has 0 heterocycles. The maximum absolute atomic E-state index is 10.6. The van der Waals surface area contributed by atoms with Gasteiger partial charge in [-0.15, -0.1) is 0 Å². The largest absolute Gasteiger partial charge is 0.377 e. The first-order valence-corrected chi connectivity index (χ1v) is 4.96. The Morgan fingerprint density at radius 1 is 1.33 bits per heavy atom. The summed E-state index contributed by atoms with van der Waals surface area (Å²) in [5, 5.41) is 0. The highest BCUT2D eigenvalue weighted by Gasteiger charge is 2.26. The van der Waals surface area contributed by atoms with E-state index in [0.717, 1.165) is 13.0 Å². The van der Waals surface area contributed by atoms with Gasteiger partial charge < -0.3 is 4.74 Å². The van der Waals surface area contributed by atoms with Gasteiger partial charge in [0.1, 0.15) is 5.78 Å². The van der Waals surface area contributed by atoms with Crippen molar-refractivity contribution in [3.63, 3.8) is 0 Å². The lowest BCUT2D eigenvalue weighted by Gasteiger charge is -2.24. The van der Waals surface area contributed by atoms with E-state index >= 15 is 0 Å². The molecule has 0 unspecified atom stereocenters. The number of carbonyl (C=O) groups is 1. The Labute approximate surface area is 74.3 Å². The molecular formula is C10H18O2. The minimum absolute atomic E-state index is 0.263. The number of unbranched alkanes of at least 4 members (excludes halogenated alkanes) is 3. The third kappa shape index (κ3) is 3.35. The molecule has 0 N–H and O–H groups in total. The van der Waals surface area contributed by atoms with Crippen molar-refractivity contribution in [2.45, 2.75) is 51.6 Å². The number of hydrogen-bond acceptors (Lipinski definition) is 2.